The van der Waals surface area contributed by atoms with Crippen LogP contribution in [-0.2, 0) is 11.2 Å². The summed E-state index contributed by atoms with van der Waals surface area (Å²) in [5, 5.41) is 7.55. The van der Waals surface area contributed by atoms with E-state index in [1.807, 2.05) is 20.8 Å². The van der Waals surface area contributed by atoms with Crippen LogP contribution in [0.5, 0.6) is 0 Å². The lowest BCUT2D eigenvalue weighted by atomic mass is 10.1. The van der Waals surface area contributed by atoms with Gasteiger partial charge in [-0.1, -0.05) is 5.16 Å². The Morgan fingerprint density at radius 1 is 1.16 bits per heavy atom. The number of fused-ring (bicyclic) bond motifs is 1. The fourth-order valence-electron chi connectivity index (χ4n) is 4.14. The third-order valence-corrected chi connectivity index (χ3v) is 6.10. The van der Waals surface area contributed by atoms with Crippen molar-refractivity contribution >= 4 is 22.9 Å². The number of aromatic nitrogens is 1. The number of halogens is 1. The molecule has 3 heterocycles. The largest absolute Gasteiger partial charge is 0.459 e. The molecule has 1 aliphatic heterocycles. The molecule has 2 aromatic heterocycles. The number of amides is 3. The average molecular weight is 442 g/mol. The number of nitrogens with one attached hydrogen (secondary N) is 1. The molecular formula is C23H27FN4O4. The summed E-state index contributed by atoms with van der Waals surface area (Å²) in [6.07, 6.45) is 0.246. The third kappa shape index (κ3) is 4.19. The number of hydrogen-bond acceptors (Lipinski definition) is 5. The maximum absolute atomic E-state index is 13.6. The Labute approximate surface area is 185 Å². The predicted octanol–water partition coefficient (Wildman–Crippen LogP) is 3.64. The number of carbonyl (C=O) groups is 2. The lowest BCUT2D eigenvalue weighted by molar-refractivity contribution is -0.131. The molecule has 0 saturated carbocycles. The van der Waals surface area contributed by atoms with Crippen LogP contribution in [0, 0.1) is 26.6 Å². The molecule has 3 amide bonds. The molecule has 3 aromatic rings. The van der Waals surface area contributed by atoms with Crippen molar-refractivity contribution in [2.75, 3.05) is 26.2 Å². The fraction of sp³-hybridized carbons (Fsp3) is 0.435. The number of urea groups is 1. The second-order valence-electron chi connectivity index (χ2n) is 8.25. The van der Waals surface area contributed by atoms with Gasteiger partial charge in [0.2, 0.25) is 5.91 Å². The first kappa shape index (κ1) is 21.9. The number of piperazine rings is 1. The summed E-state index contributed by atoms with van der Waals surface area (Å²) < 4.78 is 24.5. The zero-order valence-corrected chi connectivity index (χ0v) is 18.7. The van der Waals surface area contributed by atoms with Gasteiger partial charge in [-0.05, 0) is 45.9 Å². The van der Waals surface area contributed by atoms with Gasteiger partial charge in [0.15, 0.2) is 0 Å². The first-order chi connectivity index (χ1) is 15.2. The molecule has 32 heavy (non-hydrogen) atoms. The molecule has 1 saturated heterocycles. The van der Waals surface area contributed by atoms with Gasteiger partial charge in [0.1, 0.15) is 22.9 Å². The van der Waals surface area contributed by atoms with Crippen LogP contribution >= 0.6 is 0 Å². The van der Waals surface area contributed by atoms with E-state index >= 15 is 0 Å². The van der Waals surface area contributed by atoms with E-state index in [9.17, 15) is 14.0 Å². The van der Waals surface area contributed by atoms with Crippen LogP contribution in [-0.4, -0.2) is 53.1 Å². The Morgan fingerprint density at radius 2 is 1.84 bits per heavy atom. The highest BCUT2D eigenvalue weighted by Crippen LogP contribution is 2.30. The van der Waals surface area contributed by atoms with E-state index < -0.39 is 0 Å². The smallest absolute Gasteiger partial charge is 0.318 e. The standard InChI is InChI=1S/C23H27FN4O4/c1-13-18-11-17(24)5-6-20(18)31-22(13)15(3)25-23(30)28-9-7-27(8-10-28)21(29)12-19-14(2)26-32-16(19)4/h5-6,11,15H,7-10,12H2,1-4H3,(H,25,30). The van der Waals surface area contributed by atoms with Gasteiger partial charge < -0.3 is 24.1 Å². The Balaban J connectivity index is 1.33. The number of benzene rings is 1. The quantitative estimate of drug-likeness (QED) is 0.666. The molecular weight excluding hydrogens is 415 g/mol. The monoisotopic (exact) mass is 442 g/mol. The van der Waals surface area contributed by atoms with E-state index in [2.05, 4.69) is 10.5 Å². The van der Waals surface area contributed by atoms with Crippen molar-refractivity contribution in [3.05, 3.63) is 52.4 Å². The molecule has 0 bridgehead atoms. The minimum Gasteiger partial charge on any atom is -0.459 e. The van der Waals surface area contributed by atoms with Gasteiger partial charge in [0, 0.05) is 42.7 Å². The van der Waals surface area contributed by atoms with Crippen LogP contribution in [0.4, 0.5) is 9.18 Å². The van der Waals surface area contributed by atoms with Crippen molar-refractivity contribution in [1.82, 2.24) is 20.3 Å². The van der Waals surface area contributed by atoms with Gasteiger partial charge in [-0.2, -0.15) is 0 Å². The molecule has 170 valence electrons. The van der Waals surface area contributed by atoms with Gasteiger partial charge in [-0.3, -0.25) is 4.79 Å². The van der Waals surface area contributed by atoms with Crippen LogP contribution in [0.15, 0.2) is 27.1 Å². The van der Waals surface area contributed by atoms with Gasteiger partial charge >= 0.3 is 6.03 Å². The maximum atomic E-state index is 13.6. The number of furan rings is 1. The third-order valence-electron chi connectivity index (χ3n) is 6.10. The van der Waals surface area contributed by atoms with Crippen LogP contribution < -0.4 is 5.32 Å². The van der Waals surface area contributed by atoms with Crippen molar-refractivity contribution in [2.45, 2.75) is 40.2 Å². The summed E-state index contributed by atoms with van der Waals surface area (Å²) in [7, 11) is 0. The molecule has 1 unspecified atom stereocenters. The van der Waals surface area contributed by atoms with Gasteiger partial charge in [0.05, 0.1) is 18.2 Å². The SMILES string of the molecule is Cc1noc(C)c1CC(=O)N1CCN(C(=O)NC(C)c2oc3ccc(F)cc3c2C)CC1. The first-order valence-corrected chi connectivity index (χ1v) is 10.7. The van der Waals surface area contributed by atoms with Crippen LogP contribution in [0.1, 0.15) is 41.3 Å². The van der Waals surface area contributed by atoms with Crippen LogP contribution in [0.3, 0.4) is 0 Å². The summed E-state index contributed by atoms with van der Waals surface area (Å²) in [6, 6.07) is 3.78. The highest BCUT2D eigenvalue weighted by Gasteiger charge is 2.27. The zero-order valence-electron chi connectivity index (χ0n) is 18.7. The minimum atomic E-state index is -0.378. The first-order valence-electron chi connectivity index (χ1n) is 10.7. The van der Waals surface area contributed by atoms with Crippen LogP contribution in [0.25, 0.3) is 11.0 Å². The topological polar surface area (TPSA) is 91.8 Å². The van der Waals surface area contributed by atoms with Gasteiger partial charge in [-0.15, -0.1) is 0 Å². The zero-order chi connectivity index (χ0) is 23.0. The predicted molar refractivity (Wildman–Crippen MR) is 116 cm³/mol. The molecule has 0 radical (unpaired) electrons. The van der Waals surface area contributed by atoms with Gasteiger partial charge in [-0.25, -0.2) is 9.18 Å². The van der Waals surface area contributed by atoms with Crippen molar-refractivity contribution in [2.24, 2.45) is 0 Å². The van der Waals surface area contributed by atoms with Crippen molar-refractivity contribution < 1.29 is 22.9 Å². The van der Waals surface area contributed by atoms with E-state index in [1.54, 1.807) is 22.8 Å². The van der Waals surface area contributed by atoms with E-state index in [-0.39, 0.29) is 30.2 Å². The number of nitrogens with zero attached hydrogens (tertiary/aromatic N) is 3. The maximum Gasteiger partial charge on any atom is 0.318 e. The van der Waals surface area contributed by atoms with Crippen molar-refractivity contribution in [1.29, 1.82) is 0 Å². The second-order valence-corrected chi connectivity index (χ2v) is 8.25. The fourth-order valence-corrected chi connectivity index (χ4v) is 4.14. The molecule has 1 N–H and O–H groups in total. The minimum absolute atomic E-state index is 0.00189. The lowest BCUT2D eigenvalue weighted by Gasteiger charge is -2.35. The molecule has 9 heteroatoms. The molecule has 4 rings (SSSR count). The lowest BCUT2D eigenvalue weighted by Crippen LogP contribution is -2.53. The summed E-state index contributed by atoms with van der Waals surface area (Å²) in [4.78, 5) is 28.9. The summed E-state index contributed by atoms with van der Waals surface area (Å²) >= 11 is 0. The molecule has 0 spiro atoms. The van der Waals surface area contributed by atoms with Crippen molar-refractivity contribution in [3.63, 3.8) is 0 Å². The summed E-state index contributed by atoms with van der Waals surface area (Å²) in [6.45, 7) is 9.12. The van der Waals surface area contributed by atoms with E-state index in [1.165, 1.54) is 12.1 Å². The van der Waals surface area contributed by atoms with E-state index in [4.69, 9.17) is 8.94 Å². The average Bonchev–Trinajstić information content (AvgIpc) is 3.27. The Morgan fingerprint density at radius 3 is 2.50 bits per heavy atom. The molecule has 1 fully saturated rings. The highest BCUT2D eigenvalue weighted by molar-refractivity contribution is 5.83. The van der Waals surface area contributed by atoms with Crippen LogP contribution in [0.2, 0.25) is 0 Å². The highest BCUT2D eigenvalue weighted by atomic mass is 19.1. The number of hydrogen-bond donors (Lipinski definition) is 1. The molecule has 8 nitrogen and oxygen atoms in total. The number of aryl methyl sites for hydroxylation is 3. The Kier molecular flexibility index (Phi) is 5.90. The normalized spacial score (nSPS) is 15.3. The Bertz CT molecular complexity index is 1140. The Hall–Kier alpha value is -3.36. The second kappa shape index (κ2) is 8.64. The molecule has 1 aliphatic rings. The molecule has 1 aromatic carbocycles. The van der Waals surface area contributed by atoms with E-state index in [0.717, 1.165) is 16.8 Å². The number of carbonyl (C=O) groups excluding carboxylic acids is 2. The molecule has 1 atom stereocenters. The number of rotatable bonds is 4. The summed E-state index contributed by atoms with van der Waals surface area (Å²) in [5.74, 6) is 0.933. The van der Waals surface area contributed by atoms with Crippen molar-refractivity contribution in [3.8, 4) is 0 Å². The van der Waals surface area contributed by atoms with Gasteiger partial charge in [0.25, 0.3) is 0 Å². The summed E-state index contributed by atoms with van der Waals surface area (Å²) in [5.41, 5.74) is 2.95. The van der Waals surface area contributed by atoms with E-state index in [0.29, 0.717) is 48.7 Å². The molecule has 0 aliphatic carbocycles.